The summed E-state index contributed by atoms with van der Waals surface area (Å²) in [4.78, 5) is 50.0. The molecular formula is C6H3Cl2O5PW. The molecule has 0 spiro atoms. The minimum absolute atomic E-state index is 0.676. The number of hydrogen-bond acceptors (Lipinski definition) is 5. The van der Waals surface area contributed by atoms with Crippen LogP contribution >= 0.6 is 29.1 Å². The van der Waals surface area contributed by atoms with Crippen molar-refractivity contribution < 1.29 is 36.5 Å². The Bertz CT molecular complexity index is 606. The van der Waals surface area contributed by atoms with Crippen molar-refractivity contribution in [2.24, 2.45) is 0 Å². The average molecular weight is 441 g/mol. The van der Waals surface area contributed by atoms with E-state index < -0.39 is 19.1 Å². The first-order valence-corrected chi connectivity index (χ1v) is 13.8. The summed E-state index contributed by atoms with van der Waals surface area (Å²) in [6.45, 7) is 1.09. The van der Waals surface area contributed by atoms with Crippen molar-refractivity contribution in [2.45, 2.75) is 0 Å². The molecule has 0 heterocycles. The van der Waals surface area contributed by atoms with Crippen molar-refractivity contribution in [3.63, 3.8) is 0 Å². The van der Waals surface area contributed by atoms with Crippen LogP contribution in [0.5, 0.6) is 0 Å². The van der Waals surface area contributed by atoms with Gasteiger partial charge < -0.3 is 0 Å². The van der Waals surface area contributed by atoms with Gasteiger partial charge in [-0.05, 0) is 6.66 Å². The Morgan fingerprint density at radius 2 is 0.933 bits per heavy atom. The molecule has 82 valence electrons. The zero-order chi connectivity index (χ0) is 12.6. The fourth-order valence-corrected chi connectivity index (χ4v) is 1.39. The van der Waals surface area contributed by atoms with E-state index in [2.05, 4.69) is 0 Å². The van der Waals surface area contributed by atoms with Crippen molar-refractivity contribution in [1.29, 1.82) is 0 Å². The molecule has 0 saturated heterocycles. The van der Waals surface area contributed by atoms with Gasteiger partial charge in [-0.2, -0.15) is 0 Å². The van der Waals surface area contributed by atoms with Crippen LogP contribution in [0, 0.1) is 0 Å². The van der Waals surface area contributed by atoms with Gasteiger partial charge in [0, 0.05) is 0 Å². The average Bonchev–Trinajstić information content (AvgIpc) is 2.23. The molecular weight excluding hydrogens is 438 g/mol. The van der Waals surface area contributed by atoms with Gasteiger partial charge >= 0.3 is 57.8 Å². The summed E-state index contributed by atoms with van der Waals surface area (Å²) in [5.41, 5.74) is 0. The minimum atomic E-state index is -6.08. The Labute approximate surface area is 93.3 Å². The van der Waals surface area contributed by atoms with Gasteiger partial charge in [-0.25, -0.2) is 0 Å². The third-order valence-electron chi connectivity index (χ3n) is 0.833. The maximum atomic E-state index is 9.99. The molecule has 9 heteroatoms. The number of rotatable bonds is 0. The summed E-state index contributed by atoms with van der Waals surface area (Å²) >= 11 is 4.13. The van der Waals surface area contributed by atoms with Crippen molar-refractivity contribution in [3.05, 3.63) is 0 Å². The van der Waals surface area contributed by atoms with Crippen LogP contribution in [0.1, 0.15) is 0 Å². The van der Waals surface area contributed by atoms with Crippen molar-refractivity contribution >= 4 is 50.4 Å². The molecule has 0 radical (unpaired) electrons. The second kappa shape index (κ2) is 6.97. The van der Waals surface area contributed by atoms with Crippen LogP contribution in [-0.2, 0) is 36.5 Å². The first-order chi connectivity index (χ1) is 6.85. The zero-order valence-corrected chi connectivity index (χ0v) is 12.5. The zero-order valence-electron chi connectivity index (χ0n) is 7.15. The van der Waals surface area contributed by atoms with E-state index in [1.807, 2.05) is 0 Å². The van der Waals surface area contributed by atoms with Crippen LogP contribution in [0.3, 0.4) is 0 Å². The Morgan fingerprint density at radius 1 is 0.800 bits per heavy atom. The molecule has 0 unspecified atom stereocenters. The van der Waals surface area contributed by atoms with Crippen LogP contribution < -0.4 is 0 Å². The van der Waals surface area contributed by atoms with E-state index in [-0.39, 0.29) is 0 Å². The summed E-state index contributed by atoms with van der Waals surface area (Å²) in [5.74, 6) is 0. The third-order valence-corrected chi connectivity index (χ3v) is 6.82. The first kappa shape index (κ1) is 17.0. The Hall–Kier alpha value is -0.402. The fourth-order valence-electron chi connectivity index (χ4n) is 0.170. The monoisotopic (exact) mass is 440 g/mol. The second-order valence-electron chi connectivity index (χ2n) is 1.84. The Balaban J connectivity index is 0. The van der Waals surface area contributed by atoms with Gasteiger partial charge in [0.2, 0.25) is 0 Å². The normalized spacial score (nSPS) is 7.73. The molecule has 0 aromatic carbocycles. The quantitative estimate of drug-likeness (QED) is 0.510. The van der Waals surface area contributed by atoms with Crippen LogP contribution in [0.25, 0.3) is 0 Å². The molecule has 0 atom stereocenters. The molecule has 15 heavy (non-hydrogen) atoms. The van der Waals surface area contributed by atoms with E-state index in [9.17, 15) is 24.0 Å². The van der Waals surface area contributed by atoms with Crippen molar-refractivity contribution in [3.8, 4) is 0 Å². The number of carbonyl (C=O) groups excluding carboxylic acids is 5. The van der Waals surface area contributed by atoms with Gasteiger partial charge in [0.05, 0.1) is 6.63 Å². The molecule has 0 N–H and O–H groups in total. The summed E-state index contributed by atoms with van der Waals surface area (Å²) < 4.78 is 3.96. The standard InChI is InChI=1S/CH3Cl2P.5CO.W/c1-4(2)3;5*1-2;/h1H3;;;;;;. The number of halogens is 2. The van der Waals surface area contributed by atoms with Crippen LogP contribution in [0.4, 0.5) is 0 Å². The molecule has 0 aromatic heterocycles. The SMILES string of the molecule is CP(Cl)Cl.O=[C]=[W](=[C]=O)(=[C]=O)(=[C]=O)=[C]=O. The molecule has 0 aromatic rings. The first-order valence-electron chi connectivity index (χ1n) is 2.83. The Kier molecular flexibility index (Phi) is 7.90. The van der Waals surface area contributed by atoms with Crippen LogP contribution in [0.2, 0.25) is 0 Å². The van der Waals surface area contributed by atoms with E-state index in [1.54, 1.807) is 6.66 Å². The van der Waals surface area contributed by atoms with Gasteiger partial charge in [0.1, 0.15) is 0 Å². The summed E-state index contributed by atoms with van der Waals surface area (Å²) in [6.07, 6.45) is 0. The Morgan fingerprint density at radius 3 is 0.933 bits per heavy atom. The van der Waals surface area contributed by atoms with Crippen molar-refractivity contribution in [2.75, 3.05) is 6.66 Å². The van der Waals surface area contributed by atoms with Crippen molar-refractivity contribution in [1.82, 2.24) is 0 Å². The topological polar surface area (TPSA) is 85.3 Å². The fraction of sp³-hybridized carbons (Fsp3) is 0.167. The molecule has 0 aliphatic carbocycles. The van der Waals surface area contributed by atoms with E-state index in [0.29, 0.717) is 0 Å². The van der Waals surface area contributed by atoms with E-state index in [1.165, 1.54) is 0 Å². The maximum absolute atomic E-state index is 9.99. The molecule has 0 fully saturated rings. The van der Waals surface area contributed by atoms with Gasteiger partial charge in [-0.15, -0.1) is 0 Å². The number of hydrogen-bond donors (Lipinski definition) is 0. The van der Waals surface area contributed by atoms with Gasteiger partial charge in [-0.3, -0.25) is 0 Å². The van der Waals surface area contributed by atoms with Crippen LogP contribution in [0.15, 0.2) is 0 Å². The van der Waals surface area contributed by atoms with Gasteiger partial charge in [0.15, 0.2) is 0 Å². The van der Waals surface area contributed by atoms with E-state index in [0.717, 1.165) is 21.3 Å². The second-order valence-corrected chi connectivity index (χ2v) is 16.5. The molecule has 0 aliphatic rings. The molecule has 0 amide bonds. The third kappa shape index (κ3) is 4.76. The summed E-state index contributed by atoms with van der Waals surface area (Å²) in [7, 11) is 0. The molecule has 0 aliphatic heterocycles. The molecule has 0 saturated carbocycles. The predicted molar refractivity (Wildman–Crippen MR) is 53.0 cm³/mol. The van der Waals surface area contributed by atoms with Crippen LogP contribution in [-0.4, -0.2) is 28.0 Å². The van der Waals surface area contributed by atoms with Gasteiger partial charge in [-0.1, -0.05) is 22.5 Å². The molecule has 0 bridgehead atoms. The van der Waals surface area contributed by atoms with E-state index in [4.69, 9.17) is 22.5 Å². The molecule has 5 nitrogen and oxygen atoms in total. The van der Waals surface area contributed by atoms with Gasteiger partial charge in [0.25, 0.3) is 0 Å². The summed E-state index contributed by atoms with van der Waals surface area (Å²) in [6, 6.07) is 0. The van der Waals surface area contributed by atoms with E-state index >= 15 is 0 Å². The predicted octanol–water partition coefficient (Wildman–Crippen LogP) is 0.418. The summed E-state index contributed by atoms with van der Waals surface area (Å²) in [5, 5.41) is 0. The molecule has 0 rings (SSSR count).